The van der Waals surface area contributed by atoms with Crippen molar-refractivity contribution in [3.8, 4) is 0 Å². The molecule has 2 aromatic rings. The fraction of sp³-hybridized carbons (Fsp3) is 0.556. The van der Waals surface area contributed by atoms with Gasteiger partial charge >= 0.3 is 0 Å². The Balaban J connectivity index is 1.91. The molecule has 0 aliphatic rings. The second-order valence-electron chi connectivity index (χ2n) is 6.09. The summed E-state index contributed by atoms with van der Waals surface area (Å²) in [5, 5.41) is 4.55. The van der Waals surface area contributed by atoms with E-state index in [9.17, 15) is 0 Å². The van der Waals surface area contributed by atoms with E-state index in [4.69, 9.17) is 0 Å². The summed E-state index contributed by atoms with van der Waals surface area (Å²) in [4.78, 5) is 6.66. The van der Waals surface area contributed by atoms with Gasteiger partial charge in [-0.25, -0.2) is 0 Å². The quantitative estimate of drug-likeness (QED) is 0.747. The molecular weight excluding hydrogens is 272 g/mol. The standard InChI is InChI=1S/C18H28N4/c1-5-16(3)21(14-18-7-9-19-10-8-18)11-6-12-22-17(4)13-15(2)20-22/h7-10,13,16H,5-6,11-12,14H2,1-4H3. The highest BCUT2D eigenvalue weighted by atomic mass is 15.3. The SMILES string of the molecule is CCC(C)N(CCCn1nc(C)cc1C)Cc1ccncc1. The maximum absolute atomic E-state index is 4.55. The second kappa shape index (κ2) is 8.08. The summed E-state index contributed by atoms with van der Waals surface area (Å²) >= 11 is 0. The average Bonchev–Trinajstić information content (AvgIpc) is 2.84. The van der Waals surface area contributed by atoms with Gasteiger partial charge in [-0.2, -0.15) is 5.10 Å². The van der Waals surface area contributed by atoms with Crippen LogP contribution in [-0.4, -0.2) is 32.3 Å². The molecule has 0 bridgehead atoms. The molecule has 2 rings (SSSR count). The minimum Gasteiger partial charge on any atom is -0.296 e. The molecule has 0 spiro atoms. The zero-order valence-electron chi connectivity index (χ0n) is 14.3. The van der Waals surface area contributed by atoms with Gasteiger partial charge in [-0.05, 0) is 57.4 Å². The van der Waals surface area contributed by atoms with Crippen LogP contribution in [0.1, 0.15) is 43.6 Å². The Kier molecular flexibility index (Phi) is 6.13. The molecule has 0 aliphatic heterocycles. The average molecular weight is 300 g/mol. The summed E-state index contributed by atoms with van der Waals surface area (Å²) in [6, 6.07) is 6.95. The van der Waals surface area contributed by atoms with Crippen molar-refractivity contribution >= 4 is 0 Å². The smallest absolute Gasteiger partial charge is 0.0596 e. The Morgan fingerprint density at radius 1 is 1.23 bits per heavy atom. The van der Waals surface area contributed by atoms with Crippen LogP contribution in [0, 0.1) is 13.8 Å². The minimum atomic E-state index is 0.591. The van der Waals surface area contributed by atoms with Crippen molar-refractivity contribution in [3.63, 3.8) is 0 Å². The van der Waals surface area contributed by atoms with Crippen molar-refractivity contribution < 1.29 is 0 Å². The zero-order chi connectivity index (χ0) is 15.9. The van der Waals surface area contributed by atoms with Crippen molar-refractivity contribution in [2.45, 2.75) is 59.7 Å². The molecule has 0 amide bonds. The van der Waals surface area contributed by atoms with Crippen LogP contribution >= 0.6 is 0 Å². The van der Waals surface area contributed by atoms with E-state index in [-0.39, 0.29) is 0 Å². The third kappa shape index (κ3) is 4.67. The number of pyridine rings is 1. The molecule has 1 unspecified atom stereocenters. The summed E-state index contributed by atoms with van der Waals surface area (Å²) < 4.78 is 2.12. The van der Waals surface area contributed by atoms with Crippen LogP contribution in [0.25, 0.3) is 0 Å². The van der Waals surface area contributed by atoms with Gasteiger partial charge in [-0.1, -0.05) is 6.92 Å². The molecule has 0 radical (unpaired) electrons. The van der Waals surface area contributed by atoms with Crippen molar-refractivity contribution in [3.05, 3.63) is 47.5 Å². The molecule has 0 N–H and O–H groups in total. The maximum atomic E-state index is 4.55. The largest absolute Gasteiger partial charge is 0.296 e. The number of hydrogen-bond donors (Lipinski definition) is 0. The van der Waals surface area contributed by atoms with Gasteiger partial charge in [0.2, 0.25) is 0 Å². The van der Waals surface area contributed by atoms with E-state index in [1.807, 2.05) is 12.4 Å². The predicted octanol–water partition coefficient (Wildman–Crippen LogP) is 3.59. The monoisotopic (exact) mass is 300 g/mol. The van der Waals surface area contributed by atoms with E-state index >= 15 is 0 Å². The molecule has 1 atom stereocenters. The van der Waals surface area contributed by atoms with E-state index in [1.54, 1.807) is 0 Å². The van der Waals surface area contributed by atoms with E-state index in [0.29, 0.717) is 6.04 Å². The third-order valence-electron chi connectivity index (χ3n) is 4.27. The van der Waals surface area contributed by atoms with Gasteiger partial charge < -0.3 is 0 Å². The molecular formula is C18H28N4. The Bertz CT molecular complexity index is 562. The van der Waals surface area contributed by atoms with E-state index < -0.39 is 0 Å². The van der Waals surface area contributed by atoms with Crippen molar-refractivity contribution in [2.24, 2.45) is 0 Å². The summed E-state index contributed by atoms with van der Waals surface area (Å²) in [6.45, 7) is 11.8. The van der Waals surface area contributed by atoms with E-state index in [2.05, 4.69) is 65.6 Å². The molecule has 4 nitrogen and oxygen atoms in total. The fourth-order valence-corrected chi connectivity index (χ4v) is 2.76. The summed E-state index contributed by atoms with van der Waals surface area (Å²) in [6.07, 6.45) is 6.04. The molecule has 4 heteroatoms. The number of rotatable bonds is 8. The van der Waals surface area contributed by atoms with Gasteiger partial charge in [-0.3, -0.25) is 14.6 Å². The lowest BCUT2D eigenvalue weighted by molar-refractivity contribution is 0.188. The molecule has 0 saturated carbocycles. The first-order valence-corrected chi connectivity index (χ1v) is 8.24. The van der Waals surface area contributed by atoms with Crippen molar-refractivity contribution in [1.82, 2.24) is 19.7 Å². The van der Waals surface area contributed by atoms with Gasteiger partial charge in [0.05, 0.1) is 5.69 Å². The van der Waals surface area contributed by atoms with Crippen molar-refractivity contribution in [1.29, 1.82) is 0 Å². The lowest BCUT2D eigenvalue weighted by Gasteiger charge is -2.28. The molecule has 0 saturated heterocycles. The Morgan fingerprint density at radius 3 is 2.55 bits per heavy atom. The first-order valence-electron chi connectivity index (χ1n) is 8.24. The molecule has 120 valence electrons. The molecule has 2 aromatic heterocycles. The molecule has 22 heavy (non-hydrogen) atoms. The van der Waals surface area contributed by atoms with Crippen LogP contribution in [0.3, 0.4) is 0 Å². The number of aromatic nitrogens is 3. The van der Waals surface area contributed by atoms with Crippen LogP contribution in [0.2, 0.25) is 0 Å². The van der Waals surface area contributed by atoms with Gasteiger partial charge in [-0.15, -0.1) is 0 Å². The number of nitrogens with zero attached hydrogens (tertiary/aromatic N) is 4. The van der Waals surface area contributed by atoms with Crippen LogP contribution in [0.4, 0.5) is 0 Å². The first-order chi connectivity index (χ1) is 10.6. The summed E-state index contributed by atoms with van der Waals surface area (Å²) in [7, 11) is 0. The van der Waals surface area contributed by atoms with Crippen LogP contribution in [0.5, 0.6) is 0 Å². The normalized spacial score (nSPS) is 12.8. The van der Waals surface area contributed by atoms with Gasteiger partial charge in [0.25, 0.3) is 0 Å². The molecule has 0 fully saturated rings. The Hall–Kier alpha value is -1.68. The van der Waals surface area contributed by atoms with Crippen molar-refractivity contribution in [2.75, 3.05) is 6.54 Å². The highest BCUT2D eigenvalue weighted by molar-refractivity contribution is 5.09. The summed E-state index contributed by atoms with van der Waals surface area (Å²) in [5.41, 5.74) is 3.69. The topological polar surface area (TPSA) is 34.0 Å². The first kappa shape index (κ1) is 16.7. The molecule has 0 aromatic carbocycles. The van der Waals surface area contributed by atoms with Gasteiger partial charge in [0.15, 0.2) is 0 Å². The third-order valence-corrected chi connectivity index (χ3v) is 4.27. The number of aryl methyl sites for hydroxylation is 3. The molecule has 0 aliphatic carbocycles. The Labute approximate surface area is 134 Å². The predicted molar refractivity (Wildman–Crippen MR) is 90.7 cm³/mol. The van der Waals surface area contributed by atoms with Crippen LogP contribution < -0.4 is 0 Å². The molecule has 2 heterocycles. The van der Waals surface area contributed by atoms with Crippen LogP contribution in [-0.2, 0) is 13.1 Å². The van der Waals surface area contributed by atoms with Gasteiger partial charge in [0.1, 0.15) is 0 Å². The second-order valence-corrected chi connectivity index (χ2v) is 6.09. The zero-order valence-corrected chi connectivity index (χ0v) is 14.3. The minimum absolute atomic E-state index is 0.591. The van der Waals surface area contributed by atoms with Crippen LogP contribution in [0.15, 0.2) is 30.6 Å². The maximum Gasteiger partial charge on any atom is 0.0596 e. The van der Waals surface area contributed by atoms with E-state index in [1.165, 1.54) is 17.7 Å². The number of hydrogen-bond acceptors (Lipinski definition) is 3. The highest BCUT2D eigenvalue weighted by Gasteiger charge is 2.12. The summed E-state index contributed by atoms with van der Waals surface area (Å²) in [5.74, 6) is 0. The lowest BCUT2D eigenvalue weighted by Crippen LogP contribution is -2.33. The fourth-order valence-electron chi connectivity index (χ4n) is 2.76. The highest BCUT2D eigenvalue weighted by Crippen LogP contribution is 2.11. The Morgan fingerprint density at radius 2 is 1.95 bits per heavy atom. The lowest BCUT2D eigenvalue weighted by atomic mass is 10.1. The van der Waals surface area contributed by atoms with E-state index in [0.717, 1.165) is 31.7 Å². The van der Waals surface area contributed by atoms with Gasteiger partial charge in [0, 0.05) is 43.8 Å².